The number of rotatable bonds is 2. The number of hydrogen-bond acceptors (Lipinski definition) is 1. The summed E-state index contributed by atoms with van der Waals surface area (Å²) in [6.45, 7) is 0. The molecule has 0 radical (unpaired) electrons. The van der Waals surface area contributed by atoms with E-state index in [1.54, 1.807) is 6.07 Å². The summed E-state index contributed by atoms with van der Waals surface area (Å²) >= 11 is 0. The van der Waals surface area contributed by atoms with Gasteiger partial charge in [0.05, 0.1) is 11.1 Å². The average molecular weight is 373 g/mol. The number of alkyl halides is 6. The van der Waals surface area contributed by atoms with Crippen LogP contribution in [0.5, 0.6) is 0 Å². The van der Waals surface area contributed by atoms with Crippen LogP contribution in [0.3, 0.4) is 0 Å². The zero-order chi connectivity index (χ0) is 19.3. The second-order valence-electron chi connectivity index (χ2n) is 6.66. The Morgan fingerprint density at radius 2 is 1.46 bits per heavy atom. The molecule has 1 aliphatic carbocycles. The molecule has 1 atom stereocenters. The van der Waals surface area contributed by atoms with Gasteiger partial charge in [-0.3, -0.25) is 0 Å². The van der Waals surface area contributed by atoms with Gasteiger partial charge in [0.25, 0.3) is 0 Å². The molecule has 1 aliphatic rings. The van der Waals surface area contributed by atoms with Crippen LogP contribution in [0.2, 0.25) is 0 Å². The number of benzene rings is 2. The first-order valence-electron chi connectivity index (χ1n) is 8.07. The van der Waals surface area contributed by atoms with Crippen molar-refractivity contribution in [1.82, 2.24) is 4.90 Å². The van der Waals surface area contributed by atoms with Crippen LogP contribution in [0.1, 0.15) is 34.7 Å². The molecule has 0 bridgehead atoms. The van der Waals surface area contributed by atoms with Gasteiger partial charge in [0, 0.05) is 11.6 Å². The molecule has 7 heteroatoms. The SMILES string of the molecule is CN(C)C1CCc2ccc(-c3c(C(F)(F)F)cccc3C(F)(F)F)cc21. The van der Waals surface area contributed by atoms with E-state index in [0.29, 0.717) is 12.1 Å². The third-order valence-corrected chi connectivity index (χ3v) is 4.78. The van der Waals surface area contributed by atoms with Crippen molar-refractivity contribution >= 4 is 0 Å². The topological polar surface area (TPSA) is 3.24 Å². The molecule has 0 aromatic heterocycles. The minimum absolute atomic E-state index is 0.0164. The predicted molar refractivity (Wildman–Crippen MR) is 86.6 cm³/mol. The smallest absolute Gasteiger partial charge is 0.302 e. The highest BCUT2D eigenvalue weighted by Crippen LogP contribution is 2.46. The third-order valence-electron chi connectivity index (χ3n) is 4.78. The van der Waals surface area contributed by atoms with Crippen LogP contribution in [0.4, 0.5) is 26.3 Å². The van der Waals surface area contributed by atoms with Crippen LogP contribution in [-0.4, -0.2) is 19.0 Å². The maximum absolute atomic E-state index is 13.4. The second kappa shape index (κ2) is 6.30. The predicted octanol–water partition coefficient (Wildman–Crippen LogP) is 5.94. The van der Waals surface area contributed by atoms with E-state index in [2.05, 4.69) is 0 Å². The number of halogens is 6. The molecule has 0 aliphatic heterocycles. The van der Waals surface area contributed by atoms with Crippen molar-refractivity contribution < 1.29 is 26.3 Å². The van der Waals surface area contributed by atoms with Gasteiger partial charge < -0.3 is 4.90 Å². The molecule has 0 saturated carbocycles. The van der Waals surface area contributed by atoms with Crippen LogP contribution >= 0.6 is 0 Å². The van der Waals surface area contributed by atoms with E-state index in [-0.39, 0.29) is 11.6 Å². The van der Waals surface area contributed by atoms with Crippen molar-refractivity contribution in [1.29, 1.82) is 0 Å². The summed E-state index contributed by atoms with van der Waals surface area (Å²) in [7, 11) is 3.69. The summed E-state index contributed by atoms with van der Waals surface area (Å²) in [6, 6.07) is 6.65. The Hall–Kier alpha value is -2.02. The van der Waals surface area contributed by atoms with E-state index < -0.39 is 29.0 Å². The summed E-state index contributed by atoms with van der Waals surface area (Å²) in [5.74, 6) is 0. The first-order valence-corrected chi connectivity index (χ1v) is 8.07. The lowest BCUT2D eigenvalue weighted by Gasteiger charge is -2.22. The lowest BCUT2D eigenvalue weighted by atomic mass is 9.91. The average Bonchev–Trinajstić information content (AvgIpc) is 2.95. The molecule has 1 unspecified atom stereocenters. The van der Waals surface area contributed by atoms with Gasteiger partial charge in [-0.25, -0.2) is 0 Å². The molecule has 1 nitrogen and oxygen atoms in total. The highest BCUT2D eigenvalue weighted by atomic mass is 19.4. The zero-order valence-electron chi connectivity index (χ0n) is 14.2. The van der Waals surface area contributed by atoms with Crippen LogP contribution < -0.4 is 0 Å². The first kappa shape index (κ1) is 18.8. The molecular weight excluding hydrogens is 356 g/mol. The summed E-state index contributed by atoms with van der Waals surface area (Å²) in [5, 5.41) is 0. The van der Waals surface area contributed by atoms with E-state index in [1.807, 2.05) is 19.0 Å². The number of hydrogen-bond donors (Lipinski definition) is 0. The Balaban J connectivity index is 2.26. The number of nitrogens with zero attached hydrogens (tertiary/aromatic N) is 1. The van der Waals surface area contributed by atoms with E-state index >= 15 is 0 Å². The Labute approximate surface area is 147 Å². The maximum Gasteiger partial charge on any atom is 0.417 e. The third kappa shape index (κ3) is 3.32. The lowest BCUT2D eigenvalue weighted by molar-refractivity contribution is -0.142. The van der Waals surface area contributed by atoms with Gasteiger partial charge in [0.1, 0.15) is 0 Å². The van der Waals surface area contributed by atoms with Crippen molar-refractivity contribution in [3.63, 3.8) is 0 Å². The largest absolute Gasteiger partial charge is 0.417 e. The molecule has 0 amide bonds. The molecule has 140 valence electrons. The van der Waals surface area contributed by atoms with Gasteiger partial charge in [0.15, 0.2) is 0 Å². The van der Waals surface area contributed by atoms with Crippen molar-refractivity contribution in [2.24, 2.45) is 0 Å². The normalized spacial score (nSPS) is 17.7. The molecule has 2 aromatic carbocycles. The Morgan fingerprint density at radius 1 is 0.885 bits per heavy atom. The fraction of sp³-hybridized carbons (Fsp3) is 0.368. The summed E-state index contributed by atoms with van der Waals surface area (Å²) in [4.78, 5) is 1.93. The standard InChI is InChI=1S/C19H17F6N/c1-26(2)16-9-8-11-6-7-12(10-13(11)16)17-14(18(20,21)22)4-3-5-15(17)19(23,24)25/h3-7,10,16H,8-9H2,1-2H3. The first-order chi connectivity index (χ1) is 12.0. The van der Waals surface area contributed by atoms with Crippen molar-refractivity contribution in [3.8, 4) is 11.1 Å². The van der Waals surface area contributed by atoms with Gasteiger partial charge in [-0.2, -0.15) is 26.3 Å². The van der Waals surface area contributed by atoms with Gasteiger partial charge in [-0.05, 0) is 61.8 Å². The second-order valence-corrected chi connectivity index (χ2v) is 6.66. The summed E-state index contributed by atoms with van der Waals surface area (Å²) in [6.07, 6.45) is -8.21. The summed E-state index contributed by atoms with van der Waals surface area (Å²) in [5.41, 5.74) is -1.65. The molecule has 26 heavy (non-hydrogen) atoms. The van der Waals surface area contributed by atoms with Gasteiger partial charge in [-0.15, -0.1) is 0 Å². The molecule has 0 fully saturated rings. The fourth-order valence-electron chi connectivity index (χ4n) is 3.61. The monoisotopic (exact) mass is 373 g/mol. The molecule has 0 heterocycles. The molecule has 3 rings (SSSR count). The lowest BCUT2D eigenvalue weighted by Crippen LogP contribution is -2.17. The Morgan fingerprint density at radius 3 is 1.96 bits per heavy atom. The van der Waals surface area contributed by atoms with E-state index in [1.165, 1.54) is 12.1 Å². The van der Waals surface area contributed by atoms with Crippen LogP contribution in [0.25, 0.3) is 11.1 Å². The van der Waals surface area contributed by atoms with Gasteiger partial charge in [-0.1, -0.05) is 18.2 Å². The van der Waals surface area contributed by atoms with Gasteiger partial charge >= 0.3 is 12.4 Å². The van der Waals surface area contributed by atoms with Crippen molar-refractivity contribution in [2.45, 2.75) is 31.2 Å². The summed E-state index contributed by atoms with van der Waals surface area (Å²) < 4.78 is 80.4. The highest BCUT2D eigenvalue weighted by molar-refractivity contribution is 5.74. The highest BCUT2D eigenvalue weighted by Gasteiger charge is 2.41. The minimum Gasteiger partial charge on any atom is -0.302 e. The quantitative estimate of drug-likeness (QED) is 0.589. The van der Waals surface area contributed by atoms with E-state index in [4.69, 9.17) is 0 Å². The molecule has 0 spiro atoms. The number of aryl methyl sites for hydroxylation is 1. The molecule has 0 N–H and O–H groups in total. The van der Waals surface area contributed by atoms with Crippen LogP contribution in [0, 0.1) is 0 Å². The Bertz CT molecular complexity index is 788. The van der Waals surface area contributed by atoms with E-state index in [9.17, 15) is 26.3 Å². The van der Waals surface area contributed by atoms with Crippen molar-refractivity contribution in [3.05, 3.63) is 58.7 Å². The van der Waals surface area contributed by atoms with Crippen LogP contribution in [-0.2, 0) is 18.8 Å². The Kier molecular flexibility index (Phi) is 4.55. The van der Waals surface area contributed by atoms with Crippen molar-refractivity contribution in [2.75, 3.05) is 14.1 Å². The number of fused-ring (bicyclic) bond motifs is 1. The fourth-order valence-corrected chi connectivity index (χ4v) is 3.61. The zero-order valence-corrected chi connectivity index (χ0v) is 14.2. The van der Waals surface area contributed by atoms with Gasteiger partial charge in [0.2, 0.25) is 0 Å². The molecular formula is C19H17F6N. The molecule has 2 aromatic rings. The van der Waals surface area contributed by atoms with E-state index in [0.717, 1.165) is 30.0 Å². The molecule has 0 saturated heterocycles. The van der Waals surface area contributed by atoms with Crippen LogP contribution in [0.15, 0.2) is 36.4 Å². The minimum atomic E-state index is -4.88. The maximum atomic E-state index is 13.4.